The van der Waals surface area contributed by atoms with Crippen molar-refractivity contribution >= 4 is 23.2 Å². The maximum atomic E-state index is 12.9. The Morgan fingerprint density at radius 2 is 2.03 bits per heavy atom. The SMILES string of the molecule is Cn1cc(-c2ccc3c(c2)OCC[C@H]2CN(Cc4ccccc4Cl)CC[C@H]2CC(=O)N3)cn1. The third kappa shape index (κ3) is 5.07. The van der Waals surface area contributed by atoms with Crippen molar-refractivity contribution in [2.75, 3.05) is 25.0 Å². The molecule has 0 spiro atoms. The van der Waals surface area contributed by atoms with Gasteiger partial charge in [0.05, 0.1) is 18.5 Å². The number of likely N-dealkylation sites (tertiary alicyclic amines) is 1. The minimum Gasteiger partial charge on any atom is -0.491 e. The molecule has 3 aromatic rings. The van der Waals surface area contributed by atoms with Crippen molar-refractivity contribution in [3.05, 3.63) is 65.4 Å². The first-order chi connectivity index (χ1) is 16.0. The fourth-order valence-corrected chi connectivity index (χ4v) is 5.21. The summed E-state index contributed by atoms with van der Waals surface area (Å²) in [5.74, 6) is 1.56. The molecule has 2 aliphatic rings. The molecule has 2 aromatic carbocycles. The van der Waals surface area contributed by atoms with Crippen LogP contribution in [0.5, 0.6) is 5.75 Å². The minimum absolute atomic E-state index is 0.0606. The Kier molecular flexibility index (Phi) is 6.38. The van der Waals surface area contributed by atoms with Gasteiger partial charge in [0.15, 0.2) is 0 Å². The van der Waals surface area contributed by atoms with Crippen molar-refractivity contribution in [1.82, 2.24) is 14.7 Å². The predicted molar refractivity (Wildman–Crippen MR) is 130 cm³/mol. The highest BCUT2D eigenvalue weighted by Gasteiger charge is 2.32. The van der Waals surface area contributed by atoms with Gasteiger partial charge in [0, 0.05) is 43.3 Å². The highest BCUT2D eigenvalue weighted by atomic mass is 35.5. The van der Waals surface area contributed by atoms with Crippen LogP contribution in [-0.4, -0.2) is 40.3 Å². The van der Waals surface area contributed by atoms with E-state index in [9.17, 15) is 4.79 Å². The molecule has 2 atom stereocenters. The average Bonchev–Trinajstić information content (AvgIpc) is 3.24. The molecule has 1 N–H and O–H groups in total. The van der Waals surface area contributed by atoms with Crippen LogP contribution in [-0.2, 0) is 18.4 Å². The molecule has 0 aliphatic carbocycles. The molecule has 1 aromatic heterocycles. The normalized spacial score (nSPS) is 21.5. The van der Waals surface area contributed by atoms with E-state index >= 15 is 0 Å². The van der Waals surface area contributed by atoms with Gasteiger partial charge in [-0.3, -0.25) is 14.4 Å². The van der Waals surface area contributed by atoms with Crippen LogP contribution in [0.4, 0.5) is 5.69 Å². The van der Waals surface area contributed by atoms with Gasteiger partial charge in [-0.25, -0.2) is 0 Å². The molecule has 1 fully saturated rings. The Labute approximate surface area is 199 Å². The molecule has 33 heavy (non-hydrogen) atoms. The van der Waals surface area contributed by atoms with Gasteiger partial charge in [0.1, 0.15) is 5.75 Å². The first-order valence-electron chi connectivity index (χ1n) is 11.6. The zero-order valence-electron chi connectivity index (χ0n) is 18.8. The van der Waals surface area contributed by atoms with Gasteiger partial charge < -0.3 is 10.1 Å². The number of hydrogen-bond acceptors (Lipinski definition) is 4. The molecule has 0 unspecified atom stereocenters. The number of nitrogens with one attached hydrogen (secondary N) is 1. The predicted octanol–water partition coefficient (Wildman–Crippen LogP) is 4.99. The lowest BCUT2D eigenvalue weighted by atomic mass is 9.81. The van der Waals surface area contributed by atoms with Gasteiger partial charge in [-0.05, 0) is 60.5 Å². The van der Waals surface area contributed by atoms with Crippen molar-refractivity contribution in [2.45, 2.75) is 25.8 Å². The lowest BCUT2D eigenvalue weighted by molar-refractivity contribution is -0.118. The minimum atomic E-state index is 0.0606. The molecule has 0 bridgehead atoms. The summed E-state index contributed by atoms with van der Waals surface area (Å²) in [4.78, 5) is 15.3. The number of fused-ring (bicyclic) bond motifs is 2. The Balaban J connectivity index is 1.31. The van der Waals surface area contributed by atoms with E-state index < -0.39 is 0 Å². The molecule has 1 amide bonds. The van der Waals surface area contributed by atoms with E-state index in [0.29, 0.717) is 30.6 Å². The zero-order valence-corrected chi connectivity index (χ0v) is 19.6. The molecular weight excluding hydrogens is 436 g/mol. The number of piperidine rings is 1. The lowest BCUT2D eigenvalue weighted by Crippen LogP contribution is -2.42. The topological polar surface area (TPSA) is 59.4 Å². The first-order valence-corrected chi connectivity index (χ1v) is 11.9. The van der Waals surface area contributed by atoms with E-state index in [4.69, 9.17) is 16.3 Å². The number of amides is 1. The molecule has 2 aliphatic heterocycles. The molecule has 172 valence electrons. The summed E-state index contributed by atoms with van der Waals surface area (Å²) >= 11 is 6.39. The Bertz CT molecular complexity index is 1140. The molecule has 0 radical (unpaired) electrons. The summed E-state index contributed by atoms with van der Waals surface area (Å²) in [6.45, 7) is 3.40. The van der Waals surface area contributed by atoms with Crippen LogP contribution in [0.2, 0.25) is 5.02 Å². The van der Waals surface area contributed by atoms with Crippen LogP contribution >= 0.6 is 11.6 Å². The summed E-state index contributed by atoms with van der Waals surface area (Å²) in [5.41, 5.74) is 3.94. The molecule has 1 saturated heterocycles. The first kappa shape index (κ1) is 22.0. The quantitative estimate of drug-likeness (QED) is 0.593. The van der Waals surface area contributed by atoms with E-state index in [0.717, 1.165) is 59.9 Å². The number of carbonyl (C=O) groups is 1. The number of anilines is 1. The highest BCUT2D eigenvalue weighted by molar-refractivity contribution is 6.31. The molecule has 5 rings (SSSR count). The number of aromatic nitrogens is 2. The molecular formula is C26H29ClN4O2. The monoisotopic (exact) mass is 464 g/mol. The summed E-state index contributed by atoms with van der Waals surface area (Å²) in [6.07, 6.45) is 6.29. The Morgan fingerprint density at radius 1 is 1.15 bits per heavy atom. The van der Waals surface area contributed by atoms with E-state index in [-0.39, 0.29) is 5.91 Å². The number of aryl methyl sites for hydroxylation is 1. The summed E-state index contributed by atoms with van der Waals surface area (Å²) in [5, 5.41) is 8.16. The molecule has 6 nitrogen and oxygen atoms in total. The second kappa shape index (κ2) is 9.57. The summed E-state index contributed by atoms with van der Waals surface area (Å²) < 4.78 is 8.00. The fraction of sp³-hybridized carbons (Fsp3) is 0.385. The third-order valence-corrected chi connectivity index (χ3v) is 7.18. The van der Waals surface area contributed by atoms with Gasteiger partial charge in [0.25, 0.3) is 0 Å². The van der Waals surface area contributed by atoms with Crippen LogP contribution in [0, 0.1) is 11.8 Å². The number of halogens is 1. The van der Waals surface area contributed by atoms with E-state index in [1.165, 1.54) is 0 Å². The van der Waals surface area contributed by atoms with E-state index in [1.54, 1.807) is 4.68 Å². The van der Waals surface area contributed by atoms with Gasteiger partial charge in [-0.2, -0.15) is 5.10 Å². The molecule has 0 saturated carbocycles. The van der Waals surface area contributed by atoms with Crippen LogP contribution in [0.15, 0.2) is 54.9 Å². The standard InChI is InChI=1S/C26H29ClN4O2/c1-30-15-22(14-28-30)18-6-7-24-25(12-18)33-11-9-20-16-31(10-8-19(20)13-26(32)29-24)17-21-4-2-3-5-23(21)27/h2-7,12,14-15,19-20H,8-11,13,16-17H2,1H3,(H,29,32)/t19-,20-/m0/s1. The van der Waals surface area contributed by atoms with Crippen molar-refractivity contribution in [1.29, 1.82) is 0 Å². The van der Waals surface area contributed by atoms with Gasteiger partial charge in [-0.15, -0.1) is 0 Å². The number of ether oxygens (including phenoxy) is 1. The maximum absolute atomic E-state index is 12.9. The van der Waals surface area contributed by atoms with E-state index in [1.807, 2.05) is 55.8 Å². The van der Waals surface area contributed by atoms with Crippen LogP contribution in [0.1, 0.15) is 24.8 Å². The van der Waals surface area contributed by atoms with Crippen molar-refractivity contribution in [3.8, 4) is 16.9 Å². The Hall–Kier alpha value is -2.83. The number of carbonyl (C=O) groups excluding carboxylic acids is 1. The van der Waals surface area contributed by atoms with Crippen LogP contribution in [0.25, 0.3) is 11.1 Å². The smallest absolute Gasteiger partial charge is 0.224 e. The second-order valence-corrected chi connectivity index (χ2v) is 9.55. The largest absolute Gasteiger partial charge is 0.491 e. The number of nitrogens with zero attached hydrogens (tertiary/aromatic N) is 3. The Morgan fingerprint density at radius 3 is 2.85 bits per heavy atom. The third-order valence-electron chi connectivity index (χ3n) is 6.81. The van der Waals surface area contributed by atoms with E-state index in [2.05, 4.69) is 21.4 Å². The number of hydrogen-bond donors (Lipinski definition) is 1. The van der Waals surface area contributed by atoms with Gasteiger partial charge in [0.2, 0.25) is 5.91 Å². The zero-order chi connectivity index (χ0) is 22.8. The van der Waals surface area contributed by atoms with Crippen LogP contribution < -0.4 is 10.1 Å². The second-order valence-electron chi connectivity index (χ2n) is 9.14. The number of benzene rings is 2. The molecule has 7 heteroatoms. The van der Waals surface area contributed by atoms with Crippen LogP contribution in [0.3, 0.4) is 0 Å². The summed E-state index contributed by atoms with van der Waals surface area (Å²) in [7, 11) is 1.90. The number of rotatable bonds is 3. The van der Waals surface area contributed by atoms with Gasteiger partial charge in [-0.1, -0.05) is 35.9 Å². The fourth-order valence-electron chi connectivity index (χ4n) is 5.02. The van der Waals surface area contributed by atoms with Crippen molar-refractivity contribution in [2.24, 2.45) is 18.9 Å². The van der Waals surface area contributed by atoms with Crippen molar-refractivity contribution in [3.63, 3.8) is 0 Å². The summed E-state index contributed by atoms with van der Waals surface area (Å²) in [6, 6.07) is 14.0. The highest BCUT2D eigenvalue weighted by Crippen LogP contribution is 2.35. The maximum Gasteiger partial charge on any atom is 0.224 e. The average molecular weight is 465 g/mol. The van der Waals surface area contributed by atoms with Gasteiger partial charge >= 0.3 is 0 Å². The molecule has 3 heterocycles. The lowest BCUT2D eigenvalue weighted by Gasteiger charge is -2.39. The van der Waals surface area contributed by atoms with Crippen molar-refractivity contribution < 1.29 is 9.53 Å².